The normalized spacial score (nSPS) is 14.3. The van der Waals surface area contributed by atoms with E-state index in [-0.39, 0.29) is 23.9 Å². The van der Waals surface area contributed by atoms with E-state index in [9.17, 15) is 14.4 Å². The van der Waals surface area contributed by atoms with Crippen LogP contribution in [0.3, 0.4) is 0 Å². The molecule has 2 atom stereocenters. The average Bonchev–Trinajstić information content (AvgIpc) is 3.16. The SMILES string of the molecule is CNCc1ccc2c(c1)c(C(C)(C)C(NC)C(=O)NC(C(=O)N(C)C/C=C(\C)C(=O)O)C(C)(C)C)cn2C. The van der Waals surface area contributed by atoms with Crippen molar-refractivity contribution < 1.29 is 19.5 Å². The summed E-state index contributed by atoms with van der Waals surface area (Å²) in [4.78, 5) is 39.8. The van der Waals surface area contributed by atoms with Gasteiger partial charge in [-0.1, -0.05) is 46.8 Å². The number of fused-ring (bicyclic) bond motifs is 1. The minimum atomic E-state index is -1.03. The van der Waals surface area contributed by atoms with Crippen LogP contribution in [0.5, 0.6) is 0 Å². The maximum absolute atomic E-state index is 13.8. The van der Waals surface area contributed by atoms with E-state index in [0.29, 0.717) is 0 Å². The van der Waals surface area contributed by atoms with E-state index in [1.165, 1.54) is 17.9 Å². The summed E-state index contributed by atoms with van der Waals surface area (Å²) in [6.45, 7) is 12.1. The van der Waals surface area contributed by atoms with Crippen molar-refractivity contribution in [3.8, 4) is 0 Å². The zero-order valence-electron chi connectivity index (χ0n) is 24.5. The molecular weight excluding hydrogens is 482 g/mol. The molecule has 0 saturated heterocycles. The summed E-state index contributed by atoms with van der Waals surface area (Å²) in [5.41, 5.74) is 2.24. The Morgan fingerprint density at radius 3 is 2.26 bits per heavy atom. The Kier molecular flexibility index (Phi) is 9.91. The summed E-state index contributed by atoms with van der Waals surface area (Å²) in [6.07, 6.45) is 3.56. The summed E-state index contributed by atoms with van der Waals surface area (Å²) in [5, 5.41) is 19.6. The Bertz CT molecular complexity index is 1210. The van der Waals surface area contributed by atoms with Crippen LogP contribution in [0.15, 0.2) is 36.0 Å². The molecule has 2 unspecified atom stereocenters. The van der Waals surface area contributed by atoms with Crippen LogP contribution < -0.4 is 16.0 Å². The third-order valence-corrected chi connectivity index (χ3v) is 7.19. The highest BCUT2D eigenvalue weighted by molar-refractivity contribution is 5.93. The standard InChI is InChI=1S/C29H45N5O4/c1-18(27(37)38)13-14-33(9)26(36)24(28(2,3)4)32-25(35)23(31-8)29(5,6)21-17-34(10)22-12-11-19(16-30-7)15-20(21)22/h11-13,15,17,23-24,30-31H,14,16H2,1-10H3,(H,32,35)(H,37,38)/b18-13+. The van der Waals surface area contributed by atoms with Crippen molar-refractivity contribution in [2.75, 3.05) is 27.7 Å². The zero-order valence-corrected chi connectivity index (χ0v) is 24.5. The molecule has 1 heterocycles. The van der Waals surface area contributed by atoms with Gasteiger partial charge in [-0.05, 0) is 49.7 Å². The first-order valence-corrected chi connectivity index (χ1v) is 12.9. The number of aliphatic carboxylic acids is 1. The molecule has 0 saturated carbocycles. The number of likely N-dealkylation sites (N-methyl/N-ethyl adjacent to an activating group) is 2. The first kappa shape index (κ1) is 31.1. The lowest BCUT2D eigenvalue weighted by molar-refractivity contribution is -0.139. The summed E-state index contributed by atoms with van der Waals surface area (Å²) < 4.78 is 2.07. The third-order valence-electron chi connectivity index (χ3n) is 7.19. The van der Waals surface area contributed by atoms with Crippen LogP contribution in [0, 0.1) is 5.41 Å². The van der Waals surface area contributed by atoms with Crippen molar-refractivity contribution in [2.24, 2.45) is 12.5 Å². The predicted molar refractivity (Wildman–Crippen MR) is 152 cm³/mol. The number of carbonyl (C=O) groups is 3. The van der Waals surface area contributed by atoms with Gasteiger partial charge in [-0.2, -0.15) is 0 Å². The number of benzene rings is 1. The van der Waals surface area contributed by atoms with E-state index in [0.717, 1.165) is 28.6 Å². The summed E-state index contributed by atoms with van der Waals surface area (Å²) in [6, 6.07) is 4.93. The molecule has 1 aromatic heterocycles. The van der Waals surface area contributed by atoms with E-state index < -0.39 is 28.9 Å². The molecule has 0 bridgehead atoms. The molecule has 38 heavy (non-hydrogen) atoms. The molecule has 9 nitrogen and oxygen atoms in total. The molecule has 0 aliphatic heterocycles. The number of nitrogens with one attached hydrogen (secondary N) is 3. The van der Waals surface area contributed by atoms with E-state index in [1.54, 1.807) is 14.1 Å². The molecule has 0 aliphatic carbocycles. The number of aryl methyl sites for hydroxylation is 1. The number of aromatic nitrogens is 1. The molecule has 2 aromatic rings. The number of amides is 2. The number of carboxylic acids is 1. The number of nitrogens with zero attached hydrogens (tertiary/aromatic N) is 2. The minimum absolute atomic E-state index is 0.130. The molecule has 0 fully saturated rings. The maximum atomic E-state index is 13.8. The monoisotopic (exact) mass is 527 g/mol. The van der Waals surface area contributed by atoms with Gasteiger partial charge in [0.1, 0.15) is 6.04 Å². The van der Waals surface area contributed by atoms with Crippen molar-refractivity contribution in [2.45, 2.75) is 65.6 Å². The van der Waals surface area contributed by atoms with Crippen molar-refractivity contribution in [1.82, 2.24) is 25.4 Å². The largest absolute Gasteiger partial charge is 0.478 e. The first-order chi connectivity index (χ1) is 17.6. The molecule has 2 rings (SSSR count). The van der Waals surface area contributed by atoms with Gasteiger partial charge in [0.05, 0.1) is 6.04 Å². The maximum Gasteiger partial charge on any atom is 0.331 e. The van der Waals surface area contributed by atoms with Gasteiger partial charge in [0.25, 0.3) is 0 Å². The van der Waals surface area contributed by atoms with Crippen molar-refractivity contribution in [3.05, 3.63) is 47.2 Å². The lowest BCUT2D eigenvalue weighted by Gasteiger charge is -2.38. The second kappa shape index (κ2) is 12.1. The minimum Gasteiger partial charge on any atom is -0.478 e. The molecule has 210 valence electrons. The molecular formula is C29H45N5O4. The topological polar surface area (TPSA) is 116 Å². The second-order valence-corrected chi connectivity index (χ2v) is 11.7. The quantitative estimate of drug-likeness (QED) is 0.334. The average molecular weight is 528 g/mol. The Morgan fingerprint density at radius 2 is 1.74 bits per heavy atom. The first-order valence-electron chi connectivity index (χ1n) is 12.9. The van der Waals surface area contributed by atoms with E-state index in [2.05, 4.69) is 44.9 Å². The van der Waals surface area contributed by atoms with Crippen LogP contribution in [0.4, 0.5) is 0 Å². The zero-order chi connectivity index (χ0) is 29.0. The lowest BCUT2D eigenvalue weighted by atomic mass is 9.76. The summed E-state index contributed by atoms with van der Waals surface area (Å²) >= 11 is 0. The van der Waals surface area contributed by atoms with Gasteiger partial charge >= 0.3 is 5.97 Å². The van der Waals surface area contributed by atoms with Gasteiger partial charge in [-0.3, -0.25) is 9.59 Å². The van der Waals surface area contributed by atoms with Crippen LogP contribution in [0.2, 0.25) is 0 Å². The highest BCUT2D eigenvalue weighted by atomic mass is 16.4. The number of hydrogen-bond acceptors (Lipinski definition) is 5. The van der Waals surface area contributed by atoms with E-state index in [1.807, 2.05) is 48.7 Å². The van der Waals surface area contributed by atoms with Gasteiger partial charge in [-0.25, -0.2) is 4.79 Å². The molecule has 0 spiro atoms. The van der Waals surface area contributed by atoms with Crippen LogP contribution in [-0.4, -0.2) is 72.1 Å². The highest BCUT2D eigenvalue weighted by Crippen LogP contribution is 2.35. The fourth-order valence-corrected chi connectivity index (χ4v) is 4.79. The number of rotatable bonds is 11. The molecule has 2 amide bonds. The smallest absolute Gasteiger partial charge is 0.331 e. The van der Waals surface area contributed by atoms with Crippen LogP contribution in [0.1, 0.15) is 52.7 Å². The van der Waals surface area contributed by atoms with Crippen molar-refractivity contribution in [1.29, 1.82) is 0 Å². The molecule has 4 N–H and O–H groups in total. The fourth-order valence-electron chi connectivity index (χ4n) is 4.79. The van der Waals surface area contributed by atoms with Crippen LogP contribution in [0.25, 0.3) is 10.9 Å². The lowest BCUT2D eigenvalue weighted by Crippen LogP contribution is -2.60. The van der Waals surface area contributed by atoms with Crippen molar-refractivity contribution in [3.63, 3.8) is 0 Å². The van der Waals surface area contributed by atoms with Gasteiger partial charge in [0, 0.05) is 55.3 Å². The predicted octanol–water partition coefficient (Wildman–Crippen LogP) is 2.78. The van der Waals surface area contributed by atoms with Gasteiger partial charge in [0.2, 0.25) is 11.8 Å². The summed E-state index contributed by atoms with van der Waals surface area (Å²) in [5.74, 6) is -1.59. The molecule has 9 heteroatoms. The van der Waals surface area contributed by atoms with Crippen molar-refractivity contribution >= 4 is 28.7 Å². The second-order valence-electron chi connectivity index (χ2n) is 11.7. The Labute approximate surface area is 226 Å². The highest BCUT2D eigenvalue weighted by Gasteiger charge is 2.41. The number of carboxylic acid groups (broad SMARTS) is 1. The third kappa shape index (κ3) is 6.82. The van der Waals surface area contributed by atoms with Gasteiger partial charge in [-0.15, -0.1) is 0 Å². The number of carbonyl (C=O) groups excluding carboxylic acids is 2. The molecule has 1 aromatic carbocycles. The van der Waals surface area contributed by atoms with Gasteiger partial charge < -0.3 is 30.5 Å². The van der Waals surface area contributed by atoms with E-state index >= 15 is 0 Å². The van der Waals surface area contributed by atoms with Gasteiger partial charge in [0.15, 0.2) is 0 Å². The number of hydrogen-bond donors (Lipinski definition) is 4. The fraction of sp³-hybridized carbons (Fsp3) is 0.552. The Balaban J connectivity index is 2.40. The molecule has 0 radical (unpaired) electrons. The summed E-state index contributed by atoms with van der Waals surface area (Å²) in [7, 11) is 7.27. The Hall–Kier alpha value is -3.17. The van der Waals surface area contributed by atoms with Crippen LogP contribution >= 0.6 is 0 Å². The Morgan fingerprint density at radius 1 is 1.11 bits per heavy atom. The van der Waals surface area contributed by atoms with E-state index in [4.69, 9.17) is 5.11 Å². The van der Waals surface area contributed by atoms with Crippen LogP contribution in [-0.2, 0) is 33.4 Å². The molecule has 0 aliphatic rings.